The summed E-state index contributed by atoms with van der Waals surface area (Å²) in [6, 6.07) is -9.39. The zero-order valence-electron chi connectivity index (χ0n) is 104. The van der Waals surface area contributed by atoms with Crippen molar-refractivity contribution in [2.24, 2.45) is 0 Å². The molecule has 484 valence electrons. The van der Waals surface area contributed by atoms with Crippen LogP contribution in [0.15, 0.2) is 291 Å². The molecule has 6 heteroatoms. The Labute approximate surface area is 657 Å². The molecule has 0 saturated carbocycles. The first-order valence-electron chi connectivity index (χ1n) is 56.5. The largest absolute Gasteiger partial charge is 0.458 e. The minimum atomic E-state index is -6.96. The minimum absolute atomic E-state index is 0.0386. The van der Waals surface area contributed by atoms with E-state index in [0.29, 0.717) is 16.3 Å². The van der Waals surface area contributed by atoms with Crippen molar-refractivity contribution >= 4 is 61.7 Å². The van der Waals surface area contributed by atoms with Crippen LogP contribution in [0.2, 0.25) is 0 Å². The Morgan fingerprint density at radius 1 is 0.505 bits per heavy atom. The molecule has 1 aliphatic rings. The zero-order chi connectivity index (χ0) is 113. The molecule has 0 unspecified atom stereocenters. The quantitative estimate of drug-likeness (QED) is 0.0499. The van der Waals surface area contributed by atoms with Crippen LogP contribution in [0.5, 0.6) is 11.5 Å². The van der Waals surface area contributed by atoms with E-state index in [1.165, 1.54) is 63.2 Å². The number of aromatic nitrogens is 4. The summed E-state index contributed by atoms with van der Waals surface area (Å²) < 4.78 is 503. The van der Waals surface area contributed by atoms with Crippen molar-refractivity contribution in [2.75, 3.05) is 0 Å². The molecule has 12 aromatic carbocycles. The molecule has 1 aliphatic carbocycles. The van der Waals surface area contributed by atoms with Crippen LogP contribution in [-0.4, -0.2) is 22.2 Å². The van der Waals surface area contributed by atoms with Gasteiger partial charge in [-0.2, -0.15) is 0 Å². The van der Waals surface area contributed by atoms with Crippen LogP contribution in [0, 0.1) is 26.9 Å². The van der Waals surface area contributed by atoms with E-state index in [-0.39, 0.29) is 50.7 Å². The van der Waals surface area contributed by atoms with Crippen molar-refractivity contribution in [3.05, 3.63) is 330 Å². The molecule has 0 N–H and O–H groups in total. The Kier molecular flexibility index (Phi) is 6.89. The van der Waals surface area contributed by atoms with Gasteiger partial charge in [0, 0.05) is 62.9 Å². The first-order valence-corrected chi connectivity index (χ1v) is 32.5. The highest BCUT2D eigenvalue weighted by atomic mass is 28.3. The van der Waals surface area contributed by atoms with Crippen LogP contribution >= 0.6 is 0 Å². The second-order valence-electron chi connectivity index (χ2n) is 24.3. The topological polar surface area (TPSA) is 35.9 Å². The van der Waals surface area contributed by atoms with Crippen LogP contribution in [0.1, 0.15) is 166 Å². The maximum absolute atomic E-state index is 11.4. The fraction of sp³-hybridized carbons (Fsp3) is 0.161. The standard InChI is InChI=1S/C93H82N4OSi/c1-62-28-25-29-63(2)89(62)68-45-49-85-87(55-68)95(70-33-27-34-71(58-70)98-72-46-47-78-77-42-23-24-43-84(77)97(86(78)59-72)88-52-64(3)81(60-94-88)65-30-15-11-16-31-65)61-96(85)90-79(56-69(91(4,5)6)57-80(90)67-44-48-82-83(54-67)93(9,10)51-50-92(82,7)8)66-32-26-41-76(53-66)99(73-35-17-12-18-36-73,74-37-19-13-20-38-74)75-39-21-14-22-40-75/h11-49,52-60H,50-51H2,1-10H3/i1D3,2D3,3D3,7D3,8D3,9D3,10D3,11D,12D,13D,14D,15D,16D,17D,18D,19D,20D,21D,22D,26D,30D,31D,32D,35D,36D,37D,38D,39D,40D,41D,44D,48D,50D2,51D2,53D,54D. The number of imidazole rings is 1. The Morgan fingerprint density at radius 3 is 1.78 bits per heavy atom. The number of para-hydroxylation sites is 1. The van der Waals surface area contributed by atoms with Crippen LogP contribution < -0.4 is 30.1 Å². The maximum Gasteiger partial charge on any atom is 0.269 e. The highest BCUT2D eigenvalue weighted by Crippen LogP contribution is 2.49. The smallest absolute Gasteiger partial charge is 0.269 e. The van der Waals surface area contributed by atoms with Gasteiger partial charge in [0.05, 0.1) is 70.5 Å². The van der Waals surface area contributed by atoms with Crippen LogP contribution in [0.4, 0.5) is 0 Å². The zero-order valence-corrected chi connectivity index (χ0v) is 53.3. The molecule has 5 nitrogen and oxygen atoms in total. The highest BCUT2D eigenvalue weighted by Gasteiger charge is 2.42. The summed E-state index contributed by atoms with van der Waals surface area (Å²) >= 11 is 0. The first kappa shape index (κ1) is 27.8. The molecular formula is C93H82N4OSi. The van der Waals surface area contributed by atoms with E-state index < -0.39 is 341 Å². The molecule has 0 saturated heterocycles. The fourth-order valence-electron chi connectivity index (χ4n) is 12.6. The van der Waals surface area contributed by atoms with E-state index in [9.17, 15) is 48.0 Å². The summed E-state index contributed by atoms with van der Waals surface area (Å²) in [5, 5.41) is -4.48. The monoisotopic (exact) mass is 1350 g/mol. The van der Waals surface area contributed by atoms with E-state index in [0.717, 1.165) is 63.9 Å². The van der Waals surface area contributed by atoms with Crippen molar-refractivity contribution in [3.63, 3.8) is 0 Å². The third-order valence-electron chi connectivity index (χ3n) is 17.2. The Morgan fingerprint density at radius 2 is 1.11 bits per heavy atom. The van der Waals surface area contributed by atoms with E-state index >= 15 is 0 Å². The summed E-state index contributed by atoms with van der Waals surface area (Å²) in [7, 11) is -6.96. The minimum Gasteiger partial charge on any atom is -0.458 e. The first-order chi connectivity index (χ1) is 69.3. The number of nitrogens with zero attached hydrogens (tertiary/aromatic N) is 4. The molecular weight excluding hydrogens is 1220 g/mol. The van der Waals surface area contributed by atoms with Gasteiger partial charge in [-0.15, -0.1) is 0 Å². The van der Waals surface area contributed by atoms with Crippen molar-refractivity contribution < 1.29 is 80.6 Å². The van der Waals surface area contributed by atoms with Crippen molar-refractivity contribution in [1.29, 1.82) is 0 Å². The predicted octanol–water partition coefficient (Wildman–Crippen LogP) is 20.6. The number of pyridine rings is 1. The van der Waals surface area contributed by atoms with E-state index in [1.807, 2.05) is 0 Å². The molecule has 0 atom stereocenters. The van der Waals surface area contributed by atoms with Gasteiger partial charge in [-0.1, -0.05) is 278 Å². The number of fused-ring (bicyclic) bond motifs is 5. The summed E-state index contributed by atoms with van der Waals surface area (Å²) in [6.07, 6.45) is -5.75. The molecule has 16 rings (SSSR count). The molecule has 3 heterocycles. The summed E-state index contributed by atoms with van der Waals surface area (Å²) in [5.41, 5.74) is -25.0. The number of benzene rings is 12. The van der Waals surface area contributed by atoms with E-state index in [4.69, 9.17) is 28.0 Å². The molecule has 0 amide bonds. The van der Waals surface area contributed by atoms with Crippen LogP contribution in [0.3, 0.4) is 0 Å². The number of hydrogen-bond donors (Lipinski definition) is 0. The lowest BCUT2D eigenvalue weighted by Gasteiger charge is -2.42. The van der Waals surface area contributed by atoms with Gasteiger partial charge >= 0.3 is 0 Å². The van der Waals surface area contributed by atoms with Gasteiger partial charge in [0.15, 0.2) is 8.07 Å². The van der Waals surface area contributed by atoms with Gasteiger partial charge in [0.25, 0.3) is 6.33 Å². The average Bonchev–Trinajstić information content (AvgIpc) is 1.04. The average molecular weight is 1350 g/mol. The van der Waals surface area contributed by atoms with Gasteiger partial charge in [-0.3, -0.25) is 13.7 Å². The lowest BCUT2D eigenvalue weighted by molar-refractivity contribution is -0.571. The van der Waals surface area contributed by atoms with Crippen LogP contribution in [0.25, 0.3) is 94.5 Å². The van der Waals surface area contributed by atoms with E-state index in [1.54, 1.807) is 34.9 Å². The van der Waals surface area contributed by atoms with Gasteiger partial charge in [0.2, 0.25) is 0 Å². The van der Waals surface area contributed by atoms with Gasteiger partial charge in [0.1, 0.15) is 17.3 Å². The van der Waals surface area contributed by atoms with Gasteiger partial charge < -0.3 is 4.74 Å². The lowest BCUT2D eigenvalue weighted by Crippen LogP contribution is -2.74. The van der Waals surface area contributed by atoms with Crippen molar-refractivity contribution in [1.82, 2.24) is 14.1 Å². The predicted molar refractivity (Wildman–Crippen MR) is 416 cm³/mol. The molecule has 0 aliphatic heterocycles. The number of ether oxygens (including phenoxy) is 1. The highest BCUT2D eigenvalue weighted by molar-refractivity contribution is 7.20. The maximum atomic E-state index is 11.4. The third-order valence-corrected chi connectivity index (χ3v) is 21.2. The number of aryl methyl sites for hydroxylation is 3. The Hall–Kier alpha value is -10.9. The van der Waals surface area contributed by atoms with Crippen molar-refractivity contribution in [2.45, 2.75) is 97.7 Å². The third kappa shape index (κ3) is 11.0. The number of rotatable bonds is 13. The molecule has 0 bridgehead atoms. The van der Waals surface area contributed by atoms with Crippen LogP contribution in [-0.2, 0) is 16.2 Å². The normalized spacial score (nSPS) is 23.1. The fourth-order valence-corrected chi connectivity index (χ4v) is 16.1. The van der Waals surface area contributed by atoms with Gasteiger partial charge in [-0.05, 0) is 191 Å². The molecule has 0 spiro atoms. The summed E-state index contributed by atoms with van der Waals surface area (Å²) in [4.78, 5) is 4.67. The molecule has 0 fully saturated rings. The van der Waals surface area contributed by atoms with Gasteiger partial charge in [-0.25, -0.2) is 4.98 Å². The summed E-state index contributed by atoms with van der Waals surface area (Å²) in [5.74, 6) is -0.288. The molecule has 15 aromatic rings. The molecule has 3 aromatic heterocycles. The SMILES string of the molecule is [2H]c1c([2H])c([2H])c(-c2cnc(-n3c4ccccc4c4ccc(Oc5cccc(-n6[c-][n+](-c7c(-c8c([2H])c([2H])c9c(c8[2H])C(C([2H])([2H])[2H])(C([2H])([2H])[2H])C([2H])([2H])C([2H])([2H])C9(C([2H])([2H])[2H])C([2H])([2H])[2H])cc(C(C)(C)C)cc7-c7c([2H])c([2H])c([2H])c([Si](c8c([2H])c([2H])c([2H])c([2H])c8[2H])(c8c([2H])c([2H])c([2H])c([2H])c8[2H])c8c([2H])c([2H])c([2H])c([2H])c8[2H])c7[2H])c7ccc(-c8c(C([2H])([2H])[2H])cccc8C([2H])([2H])[2H])cc76)c5)cc43)cc2C([2H])([2H])[2H])c([2H])c1[2H]. The lowest BCUT2D eigenvalue weighted by atomic mass is 9.63. The Balaban J connectivity index is 1.13. The van der Waals surface area contributed by atoms with E-state index in [2.05, 4.69) is 11.3 Å². The molecule has 0 radical (unpaired) electrons. The number of hydrogen-bond acceptors (Lipinski definition) is 2. The summed E-state index contributed by atoms with van der Waals surface area (Å²) in [6.45, 7) is -24.0. The second kappa shape index (κ2) is 24.6. The second-order valence-corrected chi connectivity index (χ2v) is 27.8. The van der Waals surface area contributed by atoms with Crippen molar-refractivity contribution in [3.8, 4) is 73.2 Å². The Bertz CT molecular complexity index is 8030. The molecule has 99 heavy (non-hydrogen) atoms.